The minimum absolute atomic E-state index is 0.000875. The van der Waals surface area contributed by atoms with E-state index in [9.17, 15) is 24.0 Å². The van der Waals surface area contributed by atoms with E-state index in [2.05, 4.69) is 19.9 Å². The molecule has 2 fully saturated rings. The fraction of sp³-hybridized carbons (Fsp3) is 0.444. The molecule has 0 saturated carbocycles. The van der Waals surface area contributed by atoms with E-state index in [1.807, 2.05) is 44.2 Å². The second-order valence-corrected chi connectivity index (χ2v) is 10.6. The number of hydrogen-bond donors (Lipinski definition) is 1. The van der Waals surface area contributed by atoms with Crippen LogP contribution in [0.5, 0.6) is 0 Å². The van der Waals surface area contributed by atoms with Gasteiger partial charge in [0.25, 0.3) is 11.9 Å². The van der Waals surface area contributed by atoms with Crippen molar-refractivity contribution in [3.63, 3.8) is 0 Å². The van der Waals surface area contributed by atoms with Crippen LogP contribution in [0.3, 0.4) is 0 Å². The normalized spacial score (nSPS) is 23.1. The number of esters is 1. The van der Waals surface area contributed by atoms with Crippen LogP contribution < -0.4 is 5.32 Å². The van der Waals surface area contributed by atoms with Crippen molar-refractivity contribution in [1.29, 1.82) is 0 Å². The lowest BCUT2D eigenvalue weighted by Crippen LogP contribution is -2.57. The van der Waals surface area contributed by atoms with Crippen LogP contribution in [0.15, 0.2) is 48.9 Å². The first-order chi connectivity index (χ1) is 19.1. The predicted octanol–water partition coefficient (Wildman–Crippen LogP) is 1.47. The summed E-state index contributed by atoms with van der Waals surface area (Å²) in [6, 6.07) is 8.18. The number of rotatable bonds is 12. The third-order valence-corrected chi connectivity index (χ3v) is 7.07. The fourth-order valence-corrected chi connectivity index (χ4v) is 5.25. The summed E-state index contributed by atoms with van der Waals surface area (Å²) >= 11 is 0. The number of ether oxygens (including phenoxy) is 1. The van der Waals surface area contributed by atoms with Gasteiger partial charge in [-0.05, 0) is 30.1 Å². The van der Waals surface area contributed by atoms with Crippen molar-refractivity contribution in [3.05, 3.63) is 60.2 Å². The molecule has 0 radical (unpaired) electrons. The summed E-state index contributed by atoms with van der Waals surface area (Å²) < 4.78 is 20.5. The number of carboxylic acids is 1. The van der Waals surface area contributed by atoms with Crippen molar-refractivity contribution < 1.29 is 42.7 Å². The molecular formula is C27H32BN3O9. The number of aliphatic carboxylic acids is 1. The van der Waals surface area contributed by atoms with Gasteiger partial charge in [0.2, 0.25) is 5.60 Å². The number of amides is 1. The molecule has 1 amide bonds. The average molecular weight is 553 g/mol. The molecule has 13 heteroatoms. The van der Waals surface area contributed by atoms with Crippen LogP contribution in [-0.2, 0) is 39.6 Å². The Kier molecular flexibility index (Phi) is 8.62. The van der Waals surface area contributed by atoms with E-state index in [-0.39, 0.29) is 30.2 Å². The molecule has 2 aliphatic rings. The van der Waals surface area contributed by atoms with Crippen molar-refractivity contribution in [1.82, 2.24) is 15.3 Å². The summed E-state index contributed by atoms with van der Waals surface area (Å²) in [5.41, 5.74) is -0.976. The zero-order valence-corrected chi connectivity index (χ0v) is 22.6. The summed E-state index contributed by atoms with van der Waals surface area (Å²) in [5, 5.41) is 2.75. The van der Waals surface area contributed by atoms with Gasteiger partial charge < -0.3 is 24.0 Å². The second kappa shape index (κ2) is 11.9. The van der Waals surface area contributed by atoms with Crippen molar-refractivity contribution in [2.75, 3.05) is 7.11 Å². The van der Waals surface area contributed by atoms with Crippen LogP contribution in [0.25, 0.3) is 0 Å². The zero-order chi connectivity index (χ0) is 28.9. The largest absolute Gasteiger partial charge is 0.716 e. The van der Waals surface area contributed by atoms with Crippen molar-refractivity contribution in [2.45, 2.75) is 63.4 Å². The van der Waals surface area contributed by atoms with Crippen LogP contribution in [0.4, 0.5) is 0 Å². The zero-order valence-electron chi connectivity index (χ0n) is 22.6. The maximum Gasteiger partial charge on any atom is 0.576 e. The lowest BCUT2D eigenvalue weighted by molar-refractivity contribution is -0.163. The van der Waals surface area contributed by atoms with Gasteiger partial charge >= 0.3 is 18.7 Å². The molecule has 2 aliphatic heterocycles. The molecule has 3 heterocycles. The first kappa shape index (κ1) is 28.9. The topological polar surface area (TPSA) is 164 Å². The number of carbonyl (C=O) groups is 5. The van der Waals surface area contributed by atoms with Crippen molar-refractivity contribution in [3.8, 4) is 0 Å². The molecule has 2 saturated heterocycles. The van der Waals surface area contributed by atoms with Crippen LogP contribution in [0.1, 0.15) is 55.6 Å². The lowest BCUT2D eigenvalue weighted by atomic mass is 9.57. The molecular weight excluding hydrogens is 521 g/mol. The molecule has 4 rings (SSSR count). The Labute approximate surface area is 231 Å². The van der Waals surface area contributed by atoms with E-state index in [1.165, 1.54) is 18.6 Å². The standard InChI is InChI=1S/C27H32BN3O9/c1-17(2)11-19(28-38-24(34)15-27(40-28,26(36)39-28)14-23(33)37-3)13-22(32)20(12-18-7-5-4-6-8-18)31-25(35)21-16-29-9-10-30-21/h4-10,16-17,19-20,39H,11-15H2,1-3H3,(H,31,35)/t19-,20+,27+,28?/m1/s1. The maximum atomic E-state index is 13.9. The molecule has 2 N–H and O–H groups in total. The first-order valence-electron chi connectivity index (χ1n) is 13.1. The Morgan fingerprint density at radius 2 is 1.93 bits per heavy atom. The van der Waals surface area contributed by atoms with Gasteiger partial charge in [0.1, 0.15) is 5.69 Å². The Balaban J connectivity index is 1.62. The second-order valence-electron chi connectivity index (χ2n) is 10.6. The highest BCUT2D eigenvalue weighted by Gasteiger charge is 2.69. The highest BCUT2D eigenvalue weighted by molar-refractivity contribution is 6.67. The quantitative estimate of drug-likeness (QED) is 0.231. The van der Waals surface area contributed by atoms with Gasteiger partial charge in [0.05, 0.1) is 32.2 Å². The van der Waals surface area contributed by atoms with Crippen LogP contribution in [0, 0.1) is 5.92 Å². The number of benzene rings is 1. The monoisotopic (exact) mass is 553 g/mol. The maximum absolute atomic E-state index is 13.9. The third kappa shape index (κ3) is 6.36. The molecule has 1 unspecified atom stereocenters. The average Bonchev–Trinajstić information content (AvgIpc) is 3.13. The molecule has 212 valence electrons. The van der Waals surface area contributed by atoms with Gasteiger partial charge in [-0.25, -0.2) is 4.98 Å². The van der Waals surface area contributed by atoms with Gasteiger partial charge in [0, 0.05) is 17.2 Å². The molecule has 12 nitrogen and oxygen atoms in total. The summed E-state index contributed by atoms with van der Waals surface area (Å²) in [5.74, 6) is -4.04. The number of aromatic nitrogens is 2. The number of Topliss-reactive ketones (excluding diaryl/α,β-unsaturated/α-hetero) is 1. The SMILES string of the molecule is COC(=O)C[C@@]12CC(=O)O[B-]([C@@H](CC(=O)[C@H](Cc3ccccc3)NC(=O)c3cnccn3)CC(C)C)(O1)[OH+]C2=O. The van der Waals surface area contributed by atoms with E-state index in [4.69, 9.17) is 14.0 Å². The van der Waals surface area contributed by atoms with Crippen LogP contribution in [0.2, 0.25) is 5.82 Å². The molecule has 4 atom stereocenters. The third-order valence-electron chi connectivity index (χ3n) is 7.07. The Bertz CT molecular complexity index is 1280. The molecule has 0 spiro atoms. The summed E-state index contributed by atoms with van der Waals surface area (Å²) in [6.07, 6.45) is 3.40. The molecule has 1 aromatic carbocycles. The number of fused-ring (bicyclic) bond motifs is 2. The summed E-state index contributed by atoms with van der Waals surface area (Å²) in [7, 11) is 1.16. The number of hydrogen-bond acceptors (Lipinski definition) is 10. The molecule has 1 aromatic heterocycles. The molecule has 40 heavy (non-hydrogen) atoms. The molecule has 0 aliphatic carbocycles. The number of carbonyl (C=O) groups excluding carboxylic acids is 4. The lowest BCUT2D eigenvalue weighted by Gasteiger charge is -2.43. The van der Waals surface area contributed by atoms with Gasteiger partial charge in [-0.3, -0.25) is 24.2 Å². The number of methoxy groups -OCH3 is 1. The fourth-order valence-electron chi connectivity index (χ4n) is 5.25. The Hall–Kier alpha value is -4.13. The van der Waals surface area contributed by atoms with Crippen LogP contribution >= 0.6 is 0 Å². The number of nitrogens with zero attached hydrogens (tertiary/aromatic N) is 2. The van der Waals surface area contributed by atoms with E-state index in [1.54, 1.807) is 0 Å². The van der Waals surface area contributed by atoms with Crippen LogP contribution in [-0.4, -0.2) is 69.7 Å². The van der Waals surface area contributed by atoms with Crippen molar-refractivity contribution >= 4 is 36.4 Å². The minimum Gasteiger partial charge on any atom is -0.716 e. The highest BCUT2D eigenvalue weighted by Crippen LogP contribution is 2.47. The summed E-state index contributed by atoms with van der Waals surface area (Å²) in [4.78, 5) is 72.5. The number of ketones is 1. The van der Waals surface area contributed by atoms with Gasteiger partial charge in [0.15, 0.2) is 5.78 Å². The van der Waals surface area contributed by atoms with Gasteiger partial charge in [-0.15, -0.1) is 0 Å². The van der Waals surface area contributed by atoms with Gasteiger partial charge in [-0.1, -0.05) is 50.6 Å². The number of nitrogens with one attached hydrogen (secondary N) is 1. The van der Waals surface area contributed by atoms with E-state index in [0.717, 1.165) is 12.7 Å². The van der Waals surface area contributed by atoms with E-state index in [0.29, 0.717) is 6.42 Å². The smallest absolute Gasteiger partial charge is 0.576 e. The highest BCUT2D eigenvalue weighted by atomic mass is 16.8. The van der Waals surface area contributed by atoms with E-state index < -0.39 is 60.9 Å². The Morgan fingerprint density at radius 1 is 1.18 bits per heavy atom. The van der Waals surface area contributed by atoms with E-state index >= 15 is 0 Å². The van der Waals surface area contributed by atoms with Gasteiger partial charge in [-0.2, -0.15) is 0 Å². The minimum atomic E-state index is -2.94. The first-order valence-corrected chi connectivity index (χ1v) is 13.1. The molecule has 2 aromatic rings. The Morgan fingerprint density at radius 3 is 2.58 bits per heavy atom. The molecule has 2 bridgehead atoms. The predicted molar refractivity (Wildman–Crippen MR) is 140 cm³/mol. The summed E-state index contributed by atoms with van der Waals surface area (Å²) in [6.45, 7) is 0.875. The van der Waals surface area contributed by atoms with Crippen molar-refractivity contribution in [2.24, 2.45) is 5.92 Å².